The number of aromatic amines is 1. The molecule has 3 aromatic rings. The number of H-pyrrole nitrogens is 1. The van der Waals surface area contributed by atoms with Gasteiger partial charge in [0.1, 0.15) is 11.9 Å². The van der Waals surface area contributed by atoms with E-state index in [4.69, 9.17) is 11.6 Å². The third-order valence-electron chi connectivity index (χ3n) is 4.17. The molecule has 1 atom stereocenters. The van der Waals surface area contributed by atoms with E-state index in [1.54, 1.807) is 10.9 Å². The van der Waals surface area contributed by atoms with Crippen LogP contribution in [-0.4, -0.2) is 24.9 Å². The van der Waals surface area contributed by atoms with Crippen LogP contribution >= 0.6 is 11.6 Å². The van der Waals surface area contributed by atoms with Crippen molar-refractivity contribution in [3.05, 3.63) is 47.0 Å². The Morgan fingerprint density at radius 3 is 2.91 bits per heavy atom. The fraction of sp³-hybridized carbons (Fsp3) is 0.333. The zero-order chi connectivity index (χ0) is 15.3. The molecular formula is C15H16ClN5O. The highest BCUT2D eigenvalue weighted by molar-refractivity contribution is 6.31. The summed E-state index contributed by atoms with van der Waals surface area (Å²) in [5.41, 5.74) is 2.31. The van der Waals surface area contributed by atoms with Crippen LogP contribution in [0, 0.1) is 0 Å². The first-order chi connectivity index (χ1) is 10.6. The Labute approximate surface area is 132 Å². The zero-order valence-corrected chi connectivity index (χ0v) is 12.8. The molecule has 1 unspecified atom stereocenters. The van der Waals surface area contributed by atoms with Crippen LogP contribution < -0.4 is 5.32 Å². The van der Waals surface area contributed by atoms with Crippen molar-refractivity contribution in [1.29, 1.82) is 0 Å². The maximum atomic E-state index is 10.5. The summed E-state index contributed by atoms with van der Waals surface area (Å²) < 4.78 is 1.78. The lowest BCUT2D eigenvalue weighted by Gasteiger charge is -2.20. The van der Waals surface area contributed by atoms with Crippen molar-refractivity contribution in [1.82, 2.24) is 25.1 Å². The number of aromatic nitrogens is 4. The van der Waals surface area contributed by atoms with E-state index in [-0.39, 0.29) is 5.54 Å². The second-order valence-electron chi connectivity index (χ2n) is 5.85. The molecule has 0 spiro atoms. The SMILES string of the molecule is Cn1cc(C2(NC(O)c3cc4cc(Cl)cnc4[nH]3)CC2)cn1. The van der Waals surface area contributed by atoms with Crippen molar-refractivity contribution in [3.63, 3.8) is 0 Å². The van der Waals surface area contributed by atoms with Gasteiger partial charge in [-0.15, -0.1) is 0 Å². The fourth-order valence-electron chi connectivity index (χ4n) is 2.81. The Bertz CT molecular complexity index is 835. The average molecular weight is 318 g/mol. The van der Waals surface area contributed by atoms with Gasteiger partial charge in [-0.1, -0.05) is 11.6 Å². The van der Waals surface area contributed by atoms with Gasteiger partial charge in [-0.05, 0) is 25.0 Å². The maximum absolute atomic E-state index is 10.5. The smallest absolute Gasteiger partial charge is 0.146 e. The van der Waals surface area contributed by atoms with Gasteiger partial charge in [-0.3, -0.25) is 10.00 Å². The van der Waals surface area contributed by atoms with E-state index in [1.165, 1.54) is 0 Å². The summed E-state index contributed by atoms with van der Waals surface area (Å²) in [6, 6.07) is 3.69. The van der Waals surface area contributed by atoms with Crippen LogP contribution in [0.25, 0.3) is 11.0 Å². The molecule has 7 heteroatoms. The Kier molecular flexibility index (Phi) is 3.00. The highest BCUT2D eigenvalue weighted by Crippen LogP contribution is 2.46. The zero-order valence-electron chi connectivity index (χ0n) is 12.0. The van der Waals surface area contributed by atoms with Crippen LogP contribution in [0.1, 0.15) is 30.3 Å². The number of nitrogens with zero attached hydrogens (tertiary/aromatic N) is 3. The Morgan fingerprint density at radius 2 is 2.23 bits per heavy atom. The van der Waals surface area contributed by atoms with Crippen molar-refractivity contribution in [3.8, 4) is 0 Å². The van der Waals surface area contributed by atoms with E-state index in [1.807, 2.05) is 31.6 Å². The predicted octanol–water partition coefficient (Wildman–Crippen LogP) is 2.22. The molecule has 0 bridgehead atoms. The highest BCUT2D eigenvalue weighted by Gasteiger charge is 2.46. The molecule has 0 amide bonds. The van der Waals surface area contributed by atoms with Crippen LogP contribution in [-0.2, 0) is 12.6 Å². The molecular weight excluding hydrogens is 302 g/mol. The second-order valence-corrected chi connectivity index (χ2v) is 6.28. The third kappa shape index (κ3) is 2.29. The van der Waals surface area contributed by atoms with Crippen LogP contribution in [0.4, 0.5) is 0 Å². The number of hydrogen-bond donors (Lipinski definition) is 3. The molecule has 114 valence electrons. The summed E-state index contributed by atoms with van der Waals surface area (Å²) in [6.07, 6.45) is 6.59. The molecule has 1 fully saturated rings. The van der Waals surface area contributed by atoms with E-state index in [0.717, 1.165) is 23.8 Å². The maximum Gasteiger partial charge on any atom is 0.146 e. The molecule has 0 aliphatic heterocycles. The van der Waals surface area contributed by atoms with Gasteiger partial charge < -0.3 is 10.1 Å². The highest BCUT2D eigenvalue weighted by atomic mass is 35.5. The van der Waals surface area contributed by atoms with Crippen molar-refractivity contribution < 1.29 is 5.11 Å². The minimum Gasteiger partial charge on any atom is -0.373 e. The van der Waals surface area contributed by atoms with Crippen molar-refractivity contribution in [2.24, 2.45) is 7.05 Å². The summed E-state index contributed by atoms with van der Waals surface area (Å²) >= 11 is 5.94. The number of aryl methyl sites for hydroxylation is 1. The normalized spacial score (nSPS) is 17.8. The van der Waals surface area contributed by atoms with E-state index >= 15 is 0 Å². The Balaban J connectivity index is 1.59. The first kappa shape index (κ1) is 13.8. The standard InChI is InChI=1S/C15H16ClN5O/c1-21-8-10(6-18-21)15(2-3-15)20-14(22)12-5-9-4-11(16)7-17-13(9)19-12/h4-8,14,20,22H,2-3H2,1H3,(H,17,19). The quantitative estimate of drug-likeness (QED) is 0.645. The number of aliphatic hydroxyl groups is 1. The molecule has 1 aliphatic carbocycles. The monoisotopic (exact) mass is 317 g/mol. The molecule has 6 nitrogen and oxygen atoms in total. The topological polar surface area (TPSA) is 78.8 Å². The lowest BCUT2D eigenvalue weighted by atomic mass is 10.1. The Morgan fingerprint density at radius 1 is 1.41 bits per heavy atom. The lowest BCUT2D eigenvalue weighted by Crippen LogP contribution is -2.32. The molecule has 3 aromatic heterocycles. The number of pyridine rings is 1. The lowest BCUT2D eigenvalue weighted by molar-refractivity contribution is 0.114. The number of rotatable bonds is 4. The number of aliphatic hydroxyl groups excluding tert-OH is 1. The number of halogens is 1. The van der Waals surface area contributed by atoms with Gasteiger partial charge in [-0.2, -0.15) is 5.10 Å². The van der Waals surface area contributed by atoms with Gasteiger partial charge in [0.15, 0.2) is 0 Å². The van der Waals surface area contributed by atoms with Gasteiger partial charge in [-0.25, -0.2) is 4.98 Å². The molecule has 4 rings (SSSR count). The number of nitrogens with one attached hydrogen (secondary N) is 2. The minimum atomic E-state index is -0.796. The average Bonchev–Trinajstić information content (AvgIpc) is 2.94. The molecule has 3 N–H and O–H groups in total. The van der Waals surface area contributed by atoms with Crippen LogP contribution in [0.5, 0.6) is 0 Å². The summed E-state index contributed by atoms with van der Waals surface area (Å²) in [5.74, 6) is 0. The fourth-order valence-corrected chi connectivity index (χ4v) is 2.97. The van der Waals surface area contributed by atoms with Crippen LogP contribution in [0.3, 0.4) is 0 Å². The first-order valence-corrected chi connectivity index (χ1v) is 7.53. The molecule has 1 aliphatic rings. The van der Waals surface area contributed by atoms with Gasteiger partial charge in [0.05, 0.1) is 16.9 Å². The van der Waals surface area contributed by atoms with E-state index in [9.17, 15) is 5.11 Å². The first-order valence-electron chi connectivity index (χ1n) is 7.15. The molecule has 0 aromatic carbocycles. The third-order valence-corrected chi connectivity index (χ3v) is 4.38. The van der Waals surface area contributed by atoms with Gasteiger partial charge in [0, 0.05) is 35.9 Å². The molecule has 1 saturated carbocycles. The number of hydrogen-bond acceptors (Lipinski definition) is 4. The molecule has 0 radical (unpaired) electrons. The number of fused-ring (bicyclic) bond motifs is 1. The van der Waals surface area contributed by atoms with Gasteiger partial charge >= 0.3 is 0 Å². The second kappa shape index (κ2) is 4.81. The van der Waals surface area contributed by atoms with E-state index in [2.05, 4.69) is 20.4 Å². The van der Waals surface area contributed by atoms with E-state index < -0.39 is 6.23 Å². The minimum absolute atomic E-state index is 0.184. The summed E-state index contributed by atoms with van der Waals surface area (Å²) in [5, 5.41) is 19.5. The Hall–Kier alpha value is -1.89. The summed E-state index contributed by atoms with van der Waals surface area (Å²) in [4.78, 5) is 7.34. The molecule has 22 heavy (non-hydrogen) atoms. The molecule has 3 heterocycles. The largest absolute Gasteiger partial charge is 0.373 e. The van der Waals surface area contributed by atoms with Crippen LogP contribution in [0.2, 0.25) is 5.02 Å². The van der Waals surface area contributed by atoms with Crippen molar-refractivity contribution in [2.75, 3.05) is 0 Å². The van der Waals surface area contributed by atoms with Crippen molar-refractivity contribution >= 4 is 22.6 Å². The predicted molar refractivity (Wildman–Crippen MR) is 83.3 cm³/mol. The summed E-state index contributed by atoms with van der Waals surface area (Å²) in [6.45, 7) is 0. The van der Waals surface area contributed by atoms with Crippen LogP contribution in [0.15, 0.2) is 30.7 Å². The van der Waals surface area contributed by atoms with Crippen molar-refractivity contribution in [2.45, 2.75) is 24.6 Å². The van der Waals surface area contributed by atoms with E-state index in [0.29, 0.717) is 16.4 Å². The molecule has 0 saturated heterocycles. The van der Waals surface area contributed by atoms with Gasteiger partial charge in [0.25, 0.3) is 0 Å². The van der Waals surface area contributed by atoms with Gasteiger partial charge in [0.2, 0.25) is 0 Å². The summed E-state index contributed by atoms with van der Waals surface area (Å²) in [7, 11) is 1.89.